The fourth-order valence-electron chi connectivity index (χ4n) is 2.80. The van der Waals surface area contributed by atoms with Crippen molar-refractivity contribution in [3.8, 4) is 0 Å². The zero-order valence-electron chi connectivity index (χ0n) is 15.8. The third kappa shape index (κ3) is 4.32. The molecule has 0 atom stereocenters. The van der Waals surface area contributed by atoms with Crippen LogP contribution in [0, 0.1) is 21.7 Å². The van der Waals surface area contributed by atoms with Gasteiger partial charge in [0.2, 0.25) is 5.91 Å². The summed E-state index contributed by atoms with van der Waals surface area (Å²) in [7, 11) is 0. The number of non-ortho nitro benzene ring substituents is 1. The second kappa shape index (κ2) is 8.28. The third-order valence-electron chi connectivity index (χ3n) is 4.16. The number of amides is 1. The van der Waals surface area contributed by atoms with Gasteiger partial charge in [-0.1, -0.05) is 0 Å². The van der Waals surface area contributed by atoms with Gasteiger partial charge < -0.3 is 0 Å². The van der Waals surface area contributed by atoms with Gasteiger partial charge in [-0.25, -0.2) is 18.7 Å². The van der Waals surface area contributed by atoms with Gasteiger partial charge in [0.05, 0.1) is 26.5 Å². The van der Waals surface area contributed by atoms with E-state index in [-0.39, 0.29) is 16.5 Å². The first-order chi connectivity index (χ1) is 14.8. The number of nitro groups is 1. The van der Waals surface area contributed by atoms with Crippen molar-refractivity contribution in [1.29, 1.82) is 0 Å². The Morgan fingerprint density at radius 3 is 2.68 bits per heavy atom. The number of halogens is 2. The first kappa shape index (κ1) is 20.7. The summed E-state index contributed by atoms with van der Waals surface area (Å²) >= 11 is 2.42. The summed E-state index contributed by atoms with van der Waals surface area (Å²) in [6.45, 7) is 1.26. The van der Waals surface area contributed by atoms with E-state index >= 15 is 0 Å². The van der Waals surface area contributed by atoms with Crippen molar-refractivity contribution < 1.29 is 18.5 Å². The standard InChI is InChI=1S/C20H12F2N4O3S2/c1-11(27)25(17-6-2-12(21)8-15(17)22)20-23-13(10-30-20)3-7-19-24-16-5-4-14(26(28)29)9-18(16)31-19/h2-10H,1H3/b7-3+. The fourth-order valence-corrected chi connectivity index (χ4v) is 4.55. The number of thiazole rings is 2. The highest BCUT2D eigenvalue weighted by molar-refractivity contribution is 7.19. The highest BCUT2D eigenvalue weighted by atomic mass is 32.1. The molecule has 0 saturated heterocycles. The van der Waals surface area contributed by atoms with Crippen molar-refractivity contribution in [2.45, 2.75) is 6.92 Å². The number of anilines is 2. The van der Waals surface area contributed by atoms with Crippen LogP contribution in [0.15, 0.2) is 41.8 Å². The minimum atomic E-state index is -0.869. The number of aromatic nitrogens is 2. The van der Waals surface area contributed by atoms with Crippen molar-refractivity contribution in [2.75, 3.05) is 4.90 Å². The minimum Gasteiger partial charge on any atom is -0.274 e. The molecule has 2 heterocycles. The number of benzene rings is 2. The van der Waals surface area contributed by atoms with E-state index in [9.17, 15) is 23.7 Å². The largest absolute Gasteiger partial charge is 0.274 e. The lowest BCUT2D eigenvalue weighted by Crippen LogP contribution is -2.23. The molecule has 0 aliphatic carbocycles. The van der Waals surface area contributed by atoms with Crippen molar-refractivity contribution in [3.63, 3.8) is 0 Å². The molecule has 0 saturated carbocycles. The summed E-state index contributed by atoms with van der Waals surface area (Å²) < 4.78 is 28.1. The molecule has 0 N–H and O–H groups in total. The van der Waals surface area contributed by atoms with Crippen molar-refractivity contribution in [2.24, 2.45) is 0 Å². The third-order valence-corrected chi connectivity index (χ3v) is 5.99. The molecule has 0 spiro atoms. The predicted molar refractivity (Wildman–Crippen MR) is 116 cm³/mol. The summed E-state index contributed by atoms with van der Waals surface area (Å²) in [5, 5.41) is 13.4. The Hall–Kier alpha value is -3.57. The van der Waals surface area contributed by atoms with E-state index in [2.05, 4.69) is 9.97 Å². The summed E-state index contributed by atoms with van der Waals surface area (Å²) in [5.41, 5.74) is 1.06. The molecule has 0 fully saturated rings. The SMILES string of the molecule is CC(=O)N(c1nc(/C=C/c2nc3ccc([N+](=O)[O-])cc3s2)cs1)c1ccc(F)cc1F. The second-order valence-corrected chi connectivity index (χ2v) is 8.20. The van der Waals surface area contributed by atoms with Crippen LogP contribution in [-0.4, -0.2) is 20.8 Å². The summed E-state index contributed by atoms with van der Waals surface area (Å²) in [4.78, 5) is 32.4. The Kier molecular flexibility index (Phi) is 5.53. The average molecular weight is 458 g/mol. The van der Waals surface area contributed by atoms with Gasteiger partial charge in [-0.3, -0.25) is 19.8 Å². The van der Waals surface area contributed by atoms with Crippen LogP contribution in [0.5, 0.6) is 0 Å². The Labute approximate surface area is 182 Å². The van der Waals surface area contributed by atoms with Gasteiger partial charge >= 0.3 is 0 Å². The van der Waals surface area contributed by atoms with Crippen LogP contribution in [0.2, 0.25) is 0 Å². The van der Waals surface area contributed by atoms with E-state index in [0.717, 1.165) is 22.3 Å². The number of hydrogen-bond acceptors (Lipinski definition) is 7. The molecule has 7 nitrogen and oxygen atoms in total. The molecule has 0 aliphatic rings. The van der Waals surface area contributed by atoms with E-state index in [1.165, 1.54) is 36.5 Å². The van der Waals surface area contributed by atoms with Gasteiger partial charge in [0.25, 0.3) is 5.69 Å². The van der Waals surface area contributed by atoms with E-state index in [1.54, 1.807) is 23.6 Å². The number of carbonyl (C=O) groups is 1. The van der Waals surface area contributed by atoms with Crippen LogP contribution >= 0.6 is 22.7 Å². The Morgan fingerprint density at radius 1 is 1.16 bits per heavy atom. The maximum atomic E-state index is 14.2. The Morgan fingerprint density at radius 2 is 1.97 bits per heavy atom. The van der Waals surface area contributed by atoms with Crippen LogP contribution in [0.3, 0.4) is 0 Å². The predicted octanol–water partition coefficient (Wildman–Crippen LogP) is 5.79. The molecule has 11 heteroatoms. The van der Waals surface area contributed by atoms with Crippen LogP contribution < -0.4 is 4.90 Å². The summed E-state index contributed by atoms with van der Waals surface area (Å²) in [6, 6.07) is 7.41. The van der Waals surface area contributed by atoms with Crippen LogP contribution in [0.1, 0.15) is 17.6 Å². The first-order valence-corrected chi connectivity index (χ1v) is 10.5. The summed E-state index contributed by atoms with van der Waals surface area (Å²) in [5.74, 6) is -2.08. The lowest BCUT2D eigenvalue weighted by atomic mass is 10.2. The van der Waals surface area contributed by atoms with E-state index in [4.69, 9.17) is 0 Å². The van der Waals surface area contributed by atoms with Gasteiger partial charge in [-0.2, -0.15) is 0 Å². The highest BCUT2D eigenvalue weighted by Crippen LogP contribution is 2.32. The first-order valence-electron chi connectivity index (χ1n) is 8.76. The van der Waals surface area contributed by atoms with Crippen LogP contribution in [-0.2, 0) is 4.79 Å². The quantitative estimate of drug-likeness (QED) is 0.279. The van der Waals surface area contributed by atoms with Gasteiger partial charge in [0, 0.05) is 30.5 Å². The van der Waals surface area contributed by atoms with E-state index < -0.39 is 22.5 Å². The number of hydrogen-bond donors (Lipinski definition) is 0. The minimum absolute atomic E-state index is 0.00632. The smallest absolute Gasteiger partial charge is 0.270 e. The molecule has 0 aliphatic heterocycles. The number of fused-ring (bicyclic) bond motifs is 1. The topological polar surface area (TPSA) is 89.2 Å². The maximum absolute atomic E-state index is 14.2. The van der Waals surface area contributed by atoms with Gasteiger partial charge in [0.1, 0.15) is 16.6 Å². The van der Waals surface area contributed by atoms with Crippen LogP contribution in [0.25, 0.3) is 22.4 Å². The number of rotatable bonds is 5. The monoisotopic (exact) mass is 458 g/mol. The molecular formula is C20H12F2N4O3S2. The molecule has 31 heavy (non-hydrogen) atoms. The molecule has 0 bridgehead atoms. The summed E-state index contributed by atoms with van der Waals surface area (Å²) in [6.07, 6.45) is 3.37. The van der Waals surface area contributed by atoms with Crippen molar-refractivity contribution in [1.82, 2.24) is 9.97 Å². The van der Waals surface area contributed by atoms with Crippen molar-refractivity contribution in [3.05, 3.63) is 74.2 Å². The van der Waals surface area contributed by atoms with E-state index in [0.29, 0.717) is 27.0 Å². The van der Waals surface area contributed by atoms with Gasteiger partial charge in [-0.15, -0.1) is 22.7 Å². The number of nitro benzene ring substituents is 1. The molecule has 2 aromatic heterocycles. The highest BCUT2D eigenvalue weighted by Gasteiger charge is 2.21. The fraction of sp³-hybridized carbons (Fsp3) is 0.0500. The number of nitrogens with zero attached hydrogens (tertiary/aromatic N) is 4. The molecule has 4 aromatic rings. The Bertz CT molecular complexity index is 1350. The van der Waals surface area contributed by atoms with Crippen LogP contribution in [0.4, 0.5) is 25.3 Å². The lowest BCUT2D eigenvalue weighted by molar-refractivity contribution is -0.384. The zero-order chi connectivity index (χ0) is 22.1. The molecular weight excluding hydrogens is 446 g/mol. The Balaban J connectivity index is 1.60. The molecule has 0 unspecified atom stereocenters. The number of carbonyl (C=O) groups excluding carboxylic acids is 1. The molecule has 1 amide bonds. The molecule has 4 rings (SSSR count). The zero-order valence-corrected chi connectivity index (χ0v) is 17.4. The molecule has 2 aromatic carbocycles. The molecule has 0 radical (unpaired) electrons. The van der Waals surface area contributed by atoms with E-state index in [1.807, 2.05) is 0 Å². The maximum Gasteiger partial charge on any atom is 0.270 e. The lowest BCUT2D eigenvalue weighted by Gasteiger charge is -2.18. The average Bonchev–Trinajstić information content (AvgIpc) is 3.34. The van der Waals surface area contributed by atoms with Gasteiger partial charge in [0.15, 0.2) is 5.13 Å². The van der Waals surface area contributed by atoms with Gasteiger partial charge in [-0.05, 0) is 30.4 Å². The normalized spacial score (nSPS) is 11.3. The van der Waals surface area contributed by atoms with Crippen molar-refractivity contribution >= 4 is 67.5 Å². The second-order valence-electron chi connectivity index (χ2n) is 6.30. The molecule has 156 valence electrons.